The van der Waals surface area contributed by atoms with Crippen molar-refractivity contribution in [1.29, 1.82) is 0 Å². The number of esters is 2. The number of ketones is 1. The number of phosphoric acid groups is 1. The standard InChI is InChI=1S/C35H59O10P/c1-4-5-12-19-30(36)23-24-32-29(22-25-33(32)37)18-14-10-11-16-21-35(39)45-31(27-44-46(40,41)42)26-43-34(38)20-15-9-7-6-8-13-17-28(2)3/h10,14,22-25,28-32,36H,4-9,11-13,15-21,26-27H2,1-3H3,(H2,40,41,42)/b14-10-,24-23+/t29-,30-,31+,32+/m0/s1. The van der Waals surface area contributed by atoms with Crippen LogP contribution in [0.2, 0.25) is 0 Å². The van der Waals surface area contributed by atoms with Crippen molar-refractivity contribution in [2.75, 3.05) is 13.2 Å². The molecule has 11 heteroatoms. The second-order valence-electron chi connectivity index (χ2n) is 12.6. The number of aliphatic hydroxyl groups excluding tert-OH is 1. The molecule has 3 N–H and O–H groups in total. The van der Waals surface area contributed by atoms with Crippen LogP contribution in [0.5, 0.6) is 0 Å². The van der Waals surface area contributed by atoms with Crippen LogP contribution in [0.4, 0.5) is 0 Å². The molecule has 0 fully saturated rings. The normalized spacial score (nSPS) is 18.2. The fraction of sp³-hybridized carbons (Fsp3) is 0.743. The van der Waals surface area contributed by atoms with E-state index in [0.717, 1.165) is 44.4 Å². The zero-order chi connectivity index (χ0) is 34.2. The fourth-order valence-corrected chi connectivity index (χ4v) is 5.49. The lowest BCUT2D eigenvalue weighted by molar-refractivity contribution is -0.161. The number of unbranched alkanes of at least 4 members (excludes halogenated alkanes) is 8. The predicted octanol–water partition coefficient (Wildman–Crippen LogP) is 7.31. The summed E-state index contributed by atoms with van der Waals surface area (Å²) in [7, 11) is -4.80. The van der Waals surface area contributed by atoms with Crippen LogP contribution in [-0.4, -0.2) is 58.0 Å². The van der Waals surface area contributed by atoms with Gasteiger partial charge in [-0.25, -0.2) is 4.57 Å². The minimum absolute atomic E-state index is 0.0184. The van der Waals surface area contributed by atoms with Crippen LogP contribution in [0.25, 0.3) is 0 Å². The Labute approximate surface area is 276 Å². The Kier molecular flexibility index (Phi) is 22.8. The topological polar surface area (TPSA) is 157 Å². The van der Waals surface area contributed by atoms with Crippen molar-refractivity contribution in [2.24, 2.45) is 17.8 Å². The molecule has 0 radical (unpaired) electrons. The summed E-state index contributed by atoms with van der Waals surface area (Å²) in [6.45, 7) is 5.60. The Morgan fingerprint density at radius 2 is 1.59 bits per heavy atom. The number of hydrogen-bond donors (Lipinski definition) is 3. The molecule has 0 amide bonds. The zero-order valence-corrected chi connectivity index (χ0v) is 29.1. The second-order valence-corrected chi connectivity index (χ2v) is 13.9. The van der Waals surface area contributed by atoms with Gasteiger partial charge in [0.2, 0.25) is 0 Å². The zero-order valence-electron chi connectivity index (χ0n) is 28.2. The molecule has 10 nitrogen and oxygen atoms in total. The molecular weight excluding hydrogens is 611 g/mol. The summed E-state index contributed by atoms with van der Waals surface area (Å²) < 4.78 is 26.2. The average Bonchev–Trinajstić information content (AvgIpc) is 3.34. The lowest BCUT2D eigenvalue weighted by Crippen LogP contribution is -2.29. The van der Waals surface area contributed by atoms with Gasteiger partial charge in [-0.05, 0) is 50.0 Å². The number of ether oxygens (including phenoxy) is 2. The van der Waals surface area contributed by atoms with E-state index < -0.39 is 38.6 Å². The van der Waals surface area contributed by atoms with Crippen LogP contribution in [0.15, 0.2) is 36.5 Å². The highest BCUT2D eigenvalue weighted by atomic mass is 31.2. The van der Waals surface area contributed by atoms with Crippen LogP contribution in [0, 0.1) is 17.8 Å². The molecule has 1 aliphatic carbocycles. The van der Waals surface area contributed by atoms with Crippen molar-refractivity contribution in [3.05, 3.63) is 36.5 Å². The van der Waals surface area contributed by atoms with Gasteiger partial charge in [0.05, 0.1) is 12.7 Å². The lowest BCUT2D eigenvalue weighted by atomic mass is 9.90. The Bertz CT molecular complexity index is 999. The summed E-state index contributed by atoms with van der Waals surface area (Å²) in [4.78, 5) is 54.9. The molecule has 0 unspecified atom stereocenters. The second kappa shape index (κ2) is 25.0. The van der Waals surface area contributed by atoms with Crippen LogP contribution in [-0.2, 0) is 32.9 Å². The summed E-state index contributed by atoms with van der Waals surface area (Å²) in [5, 5.41) is 10.1. The molecule has 1 aliphatic rings. The van der Waals surface area contributed by atoms with Crippen molar-refractivity contribution in [3.8, 4) is 0 Å². The number of rotatable bonds is 27. The molecule has 0 aromatic heterocycles. The number of carbonyl (C=O) groups excluding carboxylic acids is 3. The molecule has 0 heterocycles. The Morgan fingerprint density at radius 1 is 0.913 bits per heavy atom. The maximum atomic E-state index is 12.4. The summed E-state index contributed by atoms with van der Waals surface area (Å²) >= 11 is 0. The monoisotopic (exact) mass is 670 g/mol. The molecule has 0 saturated heterocycles. The summed E-state index contributed by atoms with van der Waals surface area (Å²) in [5.74, 6) is -0.564. The maximum absolute atomic E-state index is 12.4. The lowest BCUT2D eigenvalue weighted by Gasteiger charge is -2.18. The van der Waals surface area contributed by atoms with Gasteiger partial charge in [0.25, 0.3) is 0 Å². The van der Waals surface area contributed by atoms with E-state index in [4.69, 9.17) is 19.3 Å². The third-order valence-electron chi connectivity index (χ3n) is 7.84. The first-order chi connectivity index (χ1) is 21.9. The molecule has 0 bridgehead atoms. The third-order valence-corrected chi connectivity index (χ3v) is 8.32. The molecular formula is C35H59O10P. The van der Waals surface area contributed by atoms with Crippen LogP contribution >= 0.6 is 7.82 Å². The van der Waals surface area contributed by atoms with Crippen molar-refractivity contribution in [3.63, 3.8) is 0 Å². The molecule has 0 aromatic carbocycles. The fourth-order valence-electron chi connectivity index (χ4n) is 5.13. The molecule has 0 saturated carbocycles. The quantitative estimate of drug-likeness (QED) is 0.0350. The van der Waals surface area contributed by atoms with Gasteiger partial charge in [0.15, 0.2) is 11.9 Å². The van der Waals surface area contributed by atoms with Gasteiger partial charge in [0, 0.05) is 18.8 Å². The maximum Gasteiger partial charge on any atom is 0.469 e. The number of carbonyl (C=O) groups is 3. The molecule has 4 atom stereocenters. The van der Waals surface area contributed by atoms with Crippen LogP contribution < -0.4 is 0 Å². The number of hydrogen-bond acceptors (Lipinski definition) is 8. The largest absolute Gasteiger partial charge is 0.469 e. The van der Waals surface area contributed by atoms with E-state index in [-0.39, 0.29) is 37.1 Å². The average molecular weight is 671 g/mol. The highest BCUT2D eigenvalue weighted by molar-refractivity contribution is 7.46. The minimum atomic E-state index is -4.80. The molecule has 1 rings (SSSR count). The van der Waals surface area contributed by atoms with E-state index in [0.29, 0.717) is 32.1 Å². The van der Waals surface area contributed by atoms with Gasteiger partial charge in [-0.3, -0.25) is 18.9 Å². The van der Waals surface area contributed by atoms with E-state index in [2.05, 4.69) is 25.3 Å². The Morgan fingerprint density at radius 3 is 2.28 bits per heavy atom. The smallest absolute Gasteiger partial charge is 0.462 e. The molecule has 46 heavy (non-hydrogen) atoms. The molecule has 0 aromatic rings. The van der Waals surface area contributed by atoms with Gasteiger partial charge in [-0.15, -0.1) is 0 Å². The number of phosphoric ester groups is 1. The van der Waals surface area contributed by atoms with Crippen molar-refractivity contribution >= 4 is 25.5 Å². The van der Waals surface area contributed by atoms with Gasteiger partial charge < -0.3 is 24.4 Å². The first kappa shape index (κ1) is 41.9. The van der Waals surface area contributed by atoms with E-state index in [1.807, 2.05) is 24.3 Å². The van der Waals surface area contributed by atoms with E-state index >= 15 is 0 Å². The van der Waals surface area contributed by atoms with Crippen molar-refractivity contribution < 1.29 is 47.8 Å². The van der Waals surface area contributed by atoms with Crippen molar-refractivity contribution in [2.45, 2.75) is 136 Å². The number of aliphatic hydroxyl groups is 1. The van der Waals surface area contributed by atoms with E-state index in [9.17, 15) is 24.1 Å². The van der Waals surface area contributed by atoms with Crippen molar-refractivity contribution in [1.82, 2.24) is 0 Å². The first-order valence-corrected chi connectivity index (χ1v) is 18.7. The van der Waals surface area contributed by atoms with E-state index in [1.54, 1.807) is 12.2 Å². The van der Waals surface area contributed by atoms with Gasteiger partial charge in [-0.1, -0.05) is 109 Å². The van der Waals surface area contributed by atoms with Crippen LogP contribution in [0.1, 0.15) is 124 Å². The highest BCUT2D eigenvalue weighted by Gasteiger charge is 2.27. The molecule has 0 spiro atoms. The minimum Gasteiger partial charge on any atom is -0.462 e. The third kappa shape index (κ3) is 22.4. The van der Waals surface area contributed by atoms with Gasteiger partial charge in [0.1, 0.15) is 6.61 Å². The van der Waals surface area contributed by atoms with Crippen LogP contribution in [0.3, 0.4) is 0 Å². The SMILES string of the molecule is CCCCC[C@H](O)/C=C/[C@H]1C(=O)C=C[C@@H]1C/C=C\CCCC(=O)O[C@H](COC(=O)CCCCCCCCC(C)C)COP(=O)(O)O. The Balaban J connectivity index is 2.37. The Hall–Kier alpha value is -2.10. The molecule has 0 aliphatic heterocycles. The molecule has 264 valence electrons. The van der Waals surface area contributed by atoms with Gasteiger partial charge >= 0.3 is 19.8 Å². The summed E-state index contributed by atoms with van der Waals surface area (Å²) in [6.07, 6.45) is 22.5. The van der Waals surface area contributed by atoms with Gasteiger partial charge in [-0.2, -0.15) is 0 Å². The van der Waals surface area contributed by atoms with E-state index in [1.165, 1.54) is 19.3 Å². The predicted molar refractivity (Wildman–Crippen MR) is 179 cm³/mol. The summed E-state index contributed by atoms with van der Waals surface area (Å²) in [6, 6.07) is 0. The summed E-state index contributed by atoms with van der Waals surface area (Å²) in [5.41, 5.74) is 0. The first-order valence-electron chi connectivity index (χ1n) is 17.2. The number of allylic oxidation sites excluding steroid dienone is 5. The highest BCUT2D eigenvalue weighted by Crippen LogP contribution is 2.36.